The van der Waals surface area contributed by atoms with E-state index in [0.29, 0.717) is 6.04 Å². The van der Waals surface area contributed by atoms with Gasteiger partial charge in [0, 0.05) is 27.1 Å². The van der Waals surface area contributed by atoms with Crippen molar-refractivity contribution >= 4 is 0 Å². The summed E-state index contributed by atoms with van der Waals surface area (Å²) in [5, 5.41) is 6.59. The molecule has 0 amide bonds. The molecule has 2 N–H and O–H groups in total. The van der Waals surface area contributed by atoms with E-state index in [2.05, 4.69) is 17.6 Å². The average molecular weight is 132 g/mol. The molecule has 0 bridgehead atoms. The van der Waals surface area contributed by atoms with Crippen molar-refractivity contribution in [2.75, 3.05) is 19.6 Å². The molecule has 0 unspecified atom stereocenters. The highest BCUT2D eigenvalue weighted by Gasteiger charge is 2.03. The van der Waals surface area contributed by atoms with Gasteiger partial charge in [0.15, 0.2) is 0 Å². The fourth-order valence-corrected chi connectivity index (χ4v) is 0.798. The molecule has 2 nitrogen and oxygen atoms in total. The molecule has 1 fully saturated rings. The second-order valence-electron chi connectivity index (χ2n) is 2.06. The largest absolute Gasteiger partial charge is 0.314 e. The van der Waals surface area contributed by atoms with Crippen molar-refractivity contribution in [2.45, 2.75) is 26.8 Å². The van der Waals surface area contributed by atoms with Crippen LogP contribution in [0.1, 0.15) is 22.2 Å². The number of piperazine rings is 1. The van der Waals surface area contributed by atoms with Crippen LogP contribution in [0.15, 0.2) is 0 Å². The summed E-state index contributed by atoms with van der Waals surface area (Å²) in [5.74, 6) is 0. The third-order valence-corrected chi connectivity index (χ3v) is 1.25. The Hall–Kier alpha value is -0.0800. The van der Waals surface area contributed by atoms with E-state index in [4.69, 9.17) is 0 Å². The highest BCUT2D eigenvalue weighted by atomic mass is 15.0. The van der Waals surface area contributed by atoms with Crippen LogP contribution in [-0.2, 0) is 0 Å². The van der Waals surface area contributed by atoms with Gasteiger partial charge in [0.05, 0.1) is 0 Å². The molecule has 58 valence electrons. The van der Waals surface area contributed by atoms with Crippen molar-refractivity contribution in [3.63, 3.8) is 0 Å². The van der Waals surface area contributed by atoms with Gasteiger partial charge in [-0.25, -0.2) is 0 Å². The summed E-state index contributed by atoms with van der Waals surface area (Å²) < 4.78 is 0. The normalized spacial score (nSPS) is 26.3. The zero-order valence-electron chi connectivity index (χ0n) is 6.70. The van der Waals surface area contributed by atoms with Crippen molar-refractivity contribution in [1.29, 1.82) is 0 Å². The molecule has 1 heterocycles. The van der Waals surface area contributed by atoms with E-state index in [1.165, 1.54) is 0 Å². The highest BCUT2D eigenvalue weighted by molar-refractivity contribution is 4.69. The Morgan fingerprint density at radius 1 is 1.33 bits per heavy atom. The van der Waals surface area contributed by atoms with Crippen LogP contribution in [-0.4, -0.2) is 25.7 Å². The van der Waals surface area contributed by atoms with E-state index < -0.39 is 0 Å². The lowest BCUT2D eigenvalue weighted by molar-refractivity contribution is 0.442. The molecule has 0 spiro atoms. The van der Waals surface area contributed by atoms with Gasteiger partial charge in [-0.05, 0) is 6.92 Å². The number of rotatable bonds is 0. The minimum atomic E-state index is 0. The van der Waals surface area contributed by atoms with E-state index in [9.17, 15) is 0 Å². The molecule has 1 saturated heterocycles. The number of hydrogen-bond donors (Lipinski definition) is 2. The summed E-state index contributed by atoms with van der Waals surface area (Å²) >= 11 is 0. The third kappa shape index (κ3) is 4.43. The Morgan fingerprint density at radius 3 is 2.22 bits per heavy atom. The monoisotopic (exact) mass is 132 g/mol. The molecule has 0 aromatic rings. The first-order valence-electron chi connectivity index (χ1n) is 3.83. The Balaban J connectivity index is 0. The maximum absolute atomic E-state index is 3.32. The van der Waals surface area contributed by atoms with Gasteiger partial charge in [-0.15, -0.1) is 0 Å². The SMILES string of the molecule is CC.C[C@H]1CNCCN1.[HH]. The van der Waals surface area contributed by atoms with Gasteiger partial charge in [0.2, 0.25) is 0 Å². The number of nitrogens with one attached hydrogen (secondary N) is 2. The van der Waals surface area contributed by atoms with Gasteiger partial charge < -0.3 is 10.6 Å². The summed E-state index contributed by atoms with van der Waals surface area (Å²) in [6.45, 7) is 9.57. The molecule has 0 radical (unpaired) electrons. The zero-order valence-corrected chi connectivity index (χ0v) is 6.70. The van der Waals surface area contributed by atoms with Gasteiger partial charge in [0.1, 0.15) is 0 Å². The van der Waals surface area contributed by atoms with Crippen LogP contribution in [0.4, 0.5) is 0 Å². The van der Waals surface area contributed by atoms with Crippen LogP contribution in [0.5, 0.6) is 0 Å². The molecular formula is C7H20N2. The molecule has 1 aliphatic heterocycles. The van der Waals surface area contributed by atoms with Crippen molar-refractivity contribution < 1.29 is 1.43 Å². The van der Waals surface area contributed by atoms with Gasteiger partial charge >= 0.3 is 0 Å². The Kier molecular flexibility index (Phi) is 5.99. The molecule has 1 aliphatic rings. The van der Waals surface area contributed by atoms with E-state index in [0.717, 1.165) is 19.6 Å². The topological polar surface area (TPSA) is 24.1 Å². The van der Waals surface area contributed by atoms with Crippen LogP contribution in [0.2, 0.25) is 0 Å². The smallest absolute Gasteiger partial charge is 0.0164 e. The second-order valence-corrected chi connectivity index (χ2v) is 2.06. The molecule has 2 heteroatoms. The lowest BCUT2D eigenvalue weighted by Gasteiger charge is -2.19. The zero-order chi connectivity index (χ0) is 7.11. The van der Waals surface area contributed by atoms with Gasteiger partial charge in [0.25, 0.3) is 0 Å². The summed E-state index contributed by atoms with van der Waals surface area (Å²) in [5.41, 5.74) is 0. The molecule has 1 rings (SSSR count). The maximum Gasteiger partial charge on any atom is 0.0164 e. The van der Waals surface area contributed by atoms with E-state index in [1.54, 1.807) is 0 Å². The van der Waals surface area contributed by atoms with Crippen molar-refractivity contribution in [2.24, 2.45) is 0 Å². The molecule has 0 saturated carbocycles. The first kappa shape index (κ1) is 8.92. The molecular weight excluding hydrogens is 112 g/mol. The maximum atomic E-state index is 3.32. The Labute approximate surface area is 59.5 Å². The van der Waals surface area contributed by atoms with Crippen LogP contribution >= 0.6 is 0 Å². The fourth-order valence-electron chi connectivity index (χ4n) is 0.798. The Morgan fingerprint density at radius 2 is 2.00 bits per heavy atom. The first-order valence-corrected chi connectivity index (χ1v) is 3.83. The van der Waals surface area contributed by atoms with Crippen molar-refractivity contribution in [1.82, 2.24) is 10.6 Å². The summed E-state index contributed by atoms with van der Waals surface area (Å²) in [6, 6.07) is 0.675. The summed E-state index contributed by atoms with van der Waals surface area (Å²) in [7, 11) is 0. The van der Waals surface area contributed by atoms with Crippen molar-refractivity contribution in [3.8, 4) is 0 Å². The van der Waals surface area contributed by atoms with Crippen LogP contribution in [0.3, 0.4) is 0 Å². The molecule has 9 heavy (non-hydrogen) atoms. The number of hydrogen-bond acceptors (Lipinski definition) is 2. The lowest BCUT2D eigenvalue weighted by Crippen LogP contribution is -2.46. The fraction of sp³-hybridized carbons (Fsp3) is 1.00. The van der Waals surface area contributed by atoms with E-state index in [1.807, 2.05) is 13.8 Å². The van der Waals surface area contributed by atoms with Crippen LogP contribution in [0, 0.1) is 0 Å². The average Bonchev–Trinajstić information content (AvgIpc) is 1.94. The molecule has 0 aliphatic carbocycles. The van der Waals surface area contributed by atoms with Crippen molar-refractivity contribution in [3.05, 3.63) is 0 Å². The molecule has 0 aromatic heterocycles. The highest BCUT2D eigenvalue weighted by Crippen LogP contribution is 1.80. The second kappa shape index (κ2) is 6.05. The quantitative estimate of drug-likeness (QED) is 0.510. The Bertz CT molecular complexity index is 53.6. The van der Waals surface area contributed by atoms with Crippen LogP contribution < -0.4 is 10.6 Å². The minimum absolute atomic E-state index is 0. The minimum Gasteiger partial charge on any atom is -0.314 e. The lowest BCUT2D eigenvalue weighted by atomic mass is 10.3. The standard InChI is InChI=1S/C5H12N2.C2H6.H2/c1-5-4-6-2-3-7-5;1-2;/h5-7H,2-4H2,1H3;1-2H3;1H/t5-;;/m0../s1. The van der Waals surface area contributed by atoms with Crippen LogP contribution in [0.25, 0.3) is 0 Å². The molecule has 0 aromatic carbocycles. The predicted molar refractivity (Wildman–Crippen MR) is 43.8 cm³/mol. The van der Waals surface area contributed by atoms with Gasteiger partial charge in [-0.1, -0.05) is 13.8 Å². The summed E-state index contributed by atoms with van der Waals surface area (Å²) in [6.07, 6.45) is 0. The predicted octanol–water partition coefficient (Wildman–Crippen LogP) is 0.840. The van der Waals surface area contributed by atoms with E-state index in [-0.39, 0.29) is 1.43 Å². The first-order chi connectivity index (χ1) is 4.39. The molecule has 1 atom stereocenters. The van der Waals surface area contributed by atoms with E-state index >= 15 is 0 Å². The summed E-state index contributed by atoms with van der Waals surface area (Å²) in [4.78, 5) is 0. The van der Waals surface area contributed by atoms with Gasteiger partial charge in [-0.2, -0.15) is 0 Å². The van der Waals surface area contributed by atoms with Gasteiger partial charge in [-0.3, -0.25) is 0 Å². The third-order valence-electron chi connectivity index (χ3n) is 1.25.